The highest BCUT2D eigenvalue weighted by atomic mass is 16.0. The second-order valence-electron chi connectivity index (χ2n) is 2.72. The van der Waals surface area contributed by atoms with Gasteiger partial charge in [0.2, 0.25) is 0 Å². The monoisotopic (exact) mass is 112 g/mol. The van der Waals surface area contributed by atoms with Crippen molar-refractivity contribution >= 4 is 0 Å². The van der Waals surface area contributed by atoms with Crippen LogP contribution in [0.5, 0.6) is 0 Å². The third kappa shape index (κ3) is 0.671. The minimum atomic E-state index is 0. The quantitative estimate of drug-likeness (QED) is 0.421. The molecule has 0 saturated heterocycles. The number of fused-ring (bicyclic) bond motifs is 2. The average Bonchev–Trinajstić information content (AvgIpc) is 2.22. The third-order valence-electron chi connectivity index (χ3n) is 2.17. The molecule has 0 amide bonds. The minimum Gasteiger partial charge on any atom is -0.412 e. The maximum Gasteiger partial charge on any atom is -0.0228 e. The summed E-state index contributed by atoms with van der Waals surface area (Å²) in [5.74, 6) is 1.98. The van der Waals surface area contributed by atoms with Crippen molar-refractivity contribution in [2.45, 2.75) is 19.3 Å². The van der Waals surface area contributed by atoms with Gasteiger partial charge in [-0.3, -0.25) is 0 Å². The van der Waals surface area contributed by atoms with Crippen molar-refractivity contribution in [3.63, 3.8) is 0 Å². The molecule has 0 aromatic carbocycles. The largest absolute Gasteiger partial charge is 0.412 e. The Morgan fingerprint density at radius 2 is 1.50 bits per heavy atom. The van der Waals surface area contributed by atoms with E-state index < -0.39 is 0 Å². The Kier molecular flexibility index (Phi) is 1.39. The van der Waals surface area contributed by atoms with Gasteiger partial charge in [-0.25, -0.2) is 0 Å². The van der Waals surface area contributed by atoms with Gasteiger partial charge in [-0.05, 0) is 31.1 Å². The highest BCUT2D eigenvalue weighted by Crippen LogP contribution is 2.38. The molecule has 46 valence electrons. The van der Waals surface area contributed by atoms with E-state index in [1.165, 1.54) is 19.3 Å². The molecule has 1 fully saturated rings. The summed E-state index contributed by atoms with van der Waals surface area (Å²) in [5.41, 5.74) is 0. The van der Waals surface area contributed by atoms with E-state index >= 15 is 0 Å². The molecule has 0 heterocycles. The van der Waals surface area contributed by atoms with E-state index in [0.717, 1.165) is 11.8 Å². The molecule has 2 rings (SSSR count). The number of hydrogen-bond acceptors (Lipinski definition) is 0. The molecule has 2 aliphatic rings. The summed E-state index contributed by atoms with van der Waals surface area (Å²) in [6.07, 6.45) is 9.19. The van der Waals surface area contributed by atoms with Crippen molar-refractivity contribution in [2.75, 3.05) is 0 Å². The van der Waals surface area contributed by atoms with Gasteiger partial charge in [-0.2, -0.15) is 0 Å². The second kappa shape index (κ2) is 1.90. The molecule has 2 aliphatic carbocycles. The van der Waals surface area contributed by atoms with Crippen molar-refractivity contribution in [1.29, 1.82) is 0 Å². The molecule has 2 bridgehead atoms. The molecule has 0 aliphatic heterocycles. The fraction of sp³-hybridized carbons (Fsp3) is 0.714. The molecule has 2 N–H and O–H groups in total. The van der Waals surface area contributed by atoms with Crippen LogP contribution in [0.25, 0.3) is 0 Å². The molecule has 0 aromatic rings. The van der Waals surface area contributed by atoms with Crippen LogP contribution in [0.4, 0.5) is 0 Å². The Labute approximate surface area is 49.7 Å². The van der Waals surface area contributed by atoms with Crippen LogP contribution in [0.15, 0.2) is 12.2 Å². The Hall–Kier alpha value is -0.300. The molecule has 1 saturated carbocycles. The number of allylic oxidation sites excluding steroid dienone is 2. The lowest BCUT2D eigenvalue weighted by atomic mass is 10.1. The number of hydrogen-bond donors (Lipinski definition) is 0. The van der Waals surface area contributed by atoms with E-state index in [-0.39, 0.29) is 5.48 Å². The van der Waals surface area contributed by atoms with Crippen LogP contribution in [-0.2, 0) is 0 Å². The standard InChI is InChI=1S/C7H10.H2O/c1-2-7-4-3-6(1)5-7;/h1-2,6-7H,3-5H2;1H2. The first-order valence-corrected chi connectivity index (χ1v) is 3.13. The molecule has 0 spiro atoms. The van der Waals surface area contributed by atoms with E-state index in [2.05, 4.69) is 12.2 Å². The summed E-state index contributed by atoms with van der Waals surface area (Å²) in [7, 11) is 0. The van der Waals surface area contributed by atoms with Gasteiger partial charge >= 0.3 is 0 Å². The van der Waals surface area contributed by atoms with Gasteiger partial charge in [0, 0.05) is 0 Å². The van der Waals surface area contributed by atoms with Crippen LogP contribution in [0.2, 0.25) is 0 Å². The zero-order valence-corrected chi connectivity index (χ0v) is 4.93. The zero-order valence-electron chi connectivity index (χ0n) is 4.93. The fourth-order valence-corrected chi connectivity index (χ4v) is 1.72. The van der Waals surface area contributed by atoms with E-state index in [1.54, 1.807) is 0 Å². The summed E-state index contributed by atoms with van der Waals surface area (Å²) in [6.45, 7) is 0. The Balaban J connectivity index is 0.000000320. The topological polar surface area (TPSA) is 31.5 Å². The summed E-state index contributed by atoms with van der Waals surface area (Å²) in [4.78, 5) is 0. The first-order valence-electron chi connectivity index (χ1n) is 3.13. The van der Waals surface area contributed by atoms with Gasteiger partial charge < -0.3 is 5.48 Å². The predicted molar refractivity (Wildman–Crippen MR) is 33.6 cm³/mol. The SMILES string of the molecule is C1=CC2CCC1C2.O. The van der Waals surface area contributed by atoms with Gasteiger partial charge in [0.25, 0.3) is 0 Å². The van der Waals surface area contributed by atoms with Crippen LogP contribution in [-0.4, -0.2) is 5.48 Å². The Morgan fingerprint density at radius 3 is 1.62 bits per heavy atom. The van der Waals surface area contributed by atoms with Crippen LogP contribution in [0.1, 0.15) is 19.3 Å². The summed E-state index contributed by atoms with van der Waals surface area (Å²) in [6, 6.07) is 0. The normalized spacial score (nSPS) is 40.0. The second-order valence-corrected chi connectivity index (χ2v) is 2.72. The molecular weight excluding hydrogens is 100 g/mol. The minimum absolute atomic E-state index is 0. The first kappa shape index (κ1) is 5.83. The van der Waals surface area contributed by atoms with Gasteiger partial charge in [0.05, 0.1) is 0 Å². The van der Waals surface area contributed by atoms with Crippen molar-refractivity contribution in [3.05, 3.63) is 12.2 Å². The van der Waals surface area contributed by atoms with Crippen LogP contribution in [0, 0.1) is 11.8 Å². The van der Waals surface area contributed by atoms with Crippen LogP contribution < -0.4 is 0 Å². The summed E-state index contributed by atoms with van der Waals surface area (Å²) in [5, 5.41) is 0. The van der Waals surface area contributed by atoms with Crippen LogP contribution in [0.3, 0.4) is 0 Å². The van der Waals surface area contributed by atoms with Crippen molar-refractivity contribution in [1.82, 2.24) is 0 Å². The maximum atomic E-state index is 2.38. The lowest BCUT2D eigenvalue weighted by molar-refractivity contribution is 0.691. The van der Waals surface area contributed by atoms with Gasteiger partial charge in [0.1, 0.15) is 0 Å². The van der Waals surface area contributed by atoms with Gasteiger partial charge in [-0.15, -0.1) is 0 Å². The first-order chi connectivity index (χ1) is 3.45. The average molecular weight is 112 g/mol. The Bertz CT molecular complexity index is 95.0. The molecule has 0 aromatic heterocycles. The maximum absolute atomic E-state index is 2.38. The van der Waals surface area contributed by atoms with E-state index in [9.17, 15) is 0 Å². The van der Waals surface area contributed by atoms with Crippen molar-refractivity contribution in [3.8, 4) is 0 Å². The predicted octanol–water partition coefficient (Wildman–Crippen LogP) is 1.15. The molecule has 0 radical (unpaired) electrons. The summed E-state index contributed by atoms with van der Waals surface area (Å²) < 4.78 is 0. The lowest BCUT2D eigenvalue weighted by Crippen LogP contribution is -1.82. The third-order valence-corrected chi connectivity index (χ3v) is 2.17. The van der Waals surface area contributed by atoms with E-state index in [0.29, 0.717) is 0 Å². The Morgan fingerprint density at radius 1 is 1.00 bits per heavy atom. The molecule has 1 heteroatoms. The number of rotatable bonds is 0. The molecule has 1 nitrogen and oxygen atoms in total. The van der Waals surface area contributed by atoms with Gasteiger partial charge in [-0.1, -0.05) is 12.2 Å². The fourth-order valence-electron chi connectivity index (χ4n) is 1.72. The van der Waals surface area contributed by atoms with Gasteiger partial charge in [0.15, 0.2) is 0 Å². The smallest absolute Gasteiger partial charge is 0.0228 e. The molecular formula is C7H12O. The van der Waals surface area contributed by atoms with Crippen molar-refractivity contribution < 1.29 is 5.48 Å². The van der Waals surface area contributed by atoms with E-state index in [4.69, 9.17) is 0 Å². The molecule has 8 heavy (non-hydrogen) atoms. The zero-order chi connectivity index (χ0) is 4.69. The van der Waals surface area contributed by atoms with Crippen LogP contribution >= 0.6 is 0 Å². The highest BCUT2D eigenvalue weighted by molar-refractivity contribution is 5.06. The molecule has 2 atom stereocenters. The lowest BCUT2D eigenvalue weighted by Gasteiger charge is -1.96. The molecule has 2 unspecified atom stereocenters. The highest BCUT2D eigenvalue weighted by Gasteiger charge is 2.25. The van der Waals surface area contributed by atoms with Crippen molar-refractivity contribution in [2.24, 2.45) is 11.8 Å². The van der Waals surface area contributed by atoms with E-state index in [1.807, 2.05) is 0 Å². The summed E-state index contributed by atoms with van der Waals surface area (Å²) >= 11 is 0.